The van der Waals surface area contributed by atoms with Crippen molar-refractivity contribution in [2.24, 2.45) is 5.73 Å². The minimum Gasteiger partial charge on any atom is -0.481 e. The molecule has 86 valence electrons. The van der Waals surface area contributed by atoms with Crippen molar-refractivity contribution in [1.82, 2.24) is 4.90 Å². The van der Waals surface area contributed by atoms with Gasteiger partial charge in [0.2, 0.25) is 0 Å². The third kappa shape index (κ3) is 2.33. The number of hydrogen-bond acceptors (Lipinski definition) is 3. The third-order valence-corrected chi connectivity index (χ3v) is 2.63. The molecule has 0 aromatic heterocycles. The molecule has 2 N–H and O–H groups in total. The first kappa shape index (κ1) is 11.0. The lowest BCUT2D eigenvalue weighted by molar-refractivity contribution is -0.142. The number of rotatable bonds is 3. The van der Waals surface area contributed by atoms with Gasteiger partial charge in [0.25, 0.3) is 5.91 Å². The van der Waals surface area contributed by atoms with E-state index >= 15 is 0 Å². The Morgan fingerprint density at radius 3 is 2.62 bits per heavy atom. The van der Waals surface area contributed by atoms with E-state index in [9.17, 15) is 4.79 Å². The highest BCUT2D eigenvalue weighted by atomic mass is 16.5. The molecular formula is C12H16N2O2. The van der Waals surface area contributed by atoms with Crippen molar-refractivity contribution in [3.05, 3.63) is 30.3 Å². The Morgan fingerprint density at radius 2 is 2.06 bits per heavy atom. The van der Waals surface area contributed by atoms with Gasteiger partial charge in [0, 0.05) is 19.1 Å². The number of para-hydroxylation sites is 1. The van der Waals surface area contributed by atoms with E-state index in [1.807, 2.05) is 30.3 Å². The van der Waals surface area contributed by atoms with Gasteiger partial charge in [-0.2, -0.15) is 0 Å². The smallest absolute Gasteiger partial charge is 0.263 e. The van der Waals surface area contributed by atoms with Crippen LogP contribution >= 0.6 is 0 Å². The fourth-order valence-corrected chi connectivity index (χ4v) is 1.70. The maximum atomic E-state index is 11.8. The largest absolute Gasteiger partial charge is 0.481 e. The molecule has 1 atom stereocenters. The number of ether oxygens (including phenoxy) is 1. The van der Waals surface area contributed by atoms with Crippen molar-refractivity contribution in [3.8, 4) is 5.75 Å². The highest BCUT2D eigenvalue weighted by Gasteiger charge is 2.31. The van der Waals surface area contributed by atoms with Crippen LogP contribution in [0.4, 0.5) is 0 Å². The zero-order valence-corrected chi connectivity index (χ0v) is 9.30. The number of hydrogen-bond donors (Lipinski definition) is 1. The summed E-state index contributed by atoms with van der Waals surface area (Å²) in [6.45, 7) is 3.04. The van der Waals surface area contributed by atoms with Crippen LogP contribution in [0.5, 0.6) is 5.75 Å². The molecule has 16 heavy (non-hydrogen) atoms. The third-order valence-electron chi connectivity index (χ3n) is 2.63. The van der Waals surface area contributed by atoms with Crippen molar-refractivity contribution in [2.45, 2.75) is 19.1 Å². The van der Waals surface area contributed by atoms with Gasteiger partial charge >= 0.3 is 0 Å². The minimum atomic E-state index is -0.449. The summed E-state index contributed by atoms with van der Waals surface area (Å²) < 4.78 is 5.54. The second-order valence-electron chi connectivity index (χ2n) is 4.08. The molecule has 0 aliphatic carbocycles. The Hall–Kier alpha value is -1.55. The van der Waals surface area contributed by atoms with E-state index in [1.165, 1.54) is 0 Å². The lowest BCUT2D eigenvalue weighted by atomic mass is 10.1. The SMILES string of the molecule is C[C@@H](Oc1ccccc1)C(=O)N1CC(N)C1. The second kappa shape index (κ2) is 4.53. The van der Waals surface area contributed by atoms with E-state index in [4.69, 9.17) is 10.5 Å². The van der Waals surface area contributed by atoms with Gasteiger partial charge in [-0.25, -0.2) is 0 Å². The standard InChI is InChI=1S/C12H16N2O2/c1-9(12(15)14-7-10(13)8-14)16-11-5-3-2-4-6-11/h2-6,9-10H,7-8,13H2,1H3/t9-/m1/s1. The topological polar surface area (TPSA) is 55.6 Å². The van der Waals surface area contributed by atoms with Crippen LogP contribution in [-0.2, 0) is 4.79 Å². The molecule has 4 heteroatoms. The summed E-state index contributed by atoms with van der Waals surface area (Å²) >= 11 is 0. The van der Waals surface area contributed by atoms with Crippen LogP contribution in [0.2, 0.25) is 0 Å². The Bertz CT molecular complexity index is 361. The van der Waals surface area contributed by atoms with Crippen LogP contribution in [0.25, 0.3) is 0 Å². The minimum absolute atomic E-state index is 0.00514. The average Bonchev–Trinajstić information content (AvgIpc) is 2.25. The summed E-state index contributed by atoms with van der Waals surface area (Å²) in [5.74, 6) is 0.721. The zero-order chi connectivity index (χ0) is 11.5. The molecule has 0 saturated carbocycles. The number of amides is 1. The monoisotopic (exact) mass is 220 g/mol. The number of benzene rings is 1. The number of carbonyl (C=O) groups is 1. The Kier molecular flexibility index (Phi) is 3.10. The first-order valence-electron chi connectivity index (χ1n) is 5.43. The number of likely N-dealkylation sites (tertiary alicyclic amines) is 1. The Balaban J connectivity index is 1.88. The fraction of sp³-hybridized carbons (Fsp3) is 0.417. The first-order chi connectivity index (χ1) is 7.66. The Labute approximate surface area is 95.0 Å². The van der Waals surface area contributed by atoms with Crippen LogP contribution < -0.4 is 10.5 Å². The predicted molar refractivity (Wildman–Crippen MR) is 61.1 cm³/mol. The average molecular weight is 220 g/mol. The van der Waals surface area contributed by atoms with E-state index in [0.29, 0.717) is 18.8 Å². The van der Waals surface area contributed by atoms with Crippen molar-refractivity contribution in [2.75, 3.05) is 13.1 Å². The first-order valence-corrected chi connectivity index (χ1v) is 5.43. The summed E-state index contributed by atoms with van der Waals surface area (Å²) in [7, 11) is 0. The second-order valence-corrected chi connectivity index (χ2v) is 4.08. The van der Waals surface area contributed by atoms with E-state index in [2.05, 4.69) is 0 Å². The summed E-state index contributed by atoms with van der Waals surface area (Å²) in [5.41, 5.74) is 5.62. The molecule has 0 spiro atoms. The van der Waals surface area contributed by atoms with Crippen molar-refractivity contribution in [3.63, 3.8) is 0 Å². The van der Waals surface area contributed by atoms with Crippen LogP contribution in [0.1, 0.15) is 6.92 Å². The van der Waals surface area contributed by atoms with Gasteiger partial charge in [0.05, 0.1) is 0 Å². The molecule has 1 heterocycles. The molecule has 0 radical (unpaired) electrons. The van der Waals surface area contributed by atoms with Gasteiger partial charge in [0.15, 0.2) is 6.10 Å². The van der Waals surface area contributed by atoms with Gasteiger partial charge in [-0.15, -0.1) is 0 Å². The molecular weight excluding hydrogens is 204 g/mol. The molecule has 0 unspecified atom stereocenters. The predicted octanol–water partition coefficient (Wildman–Crippen LogP) is 0.623. The van der Waals surface area contributed by atoms with E-state index in [0.717, 1.165) is 0 Å². The lowest BCUT2D eigenvalue weighted by Gasteiger charge is -2.38. The molecule has 4 nitrogen and oxygen atoms in total. The molecule has 1 aliphatic heterocycles. The summed E-state index contributed by atoms with van der Waals surface area (Å²) in [4.78, 5) is 13.5. The van der Waals surface area contributed by atoms with Crippen LogP contribution in [0, 0.1) is 0 Å². The molecule has 2 rings (SSSR count). The van der Waals surface area contributed by atoms with Crippen molar-refractivity contribution >= 4 is 5.91 Å². The lowest BCUT2D eigenvalue weighted by Crippen LogP contribution is -2.60. The van der Waals surface area contributed by atoms with E-state index in [-0.39, 0.29) is 11.9 Å². The molecule has 1 aromatic carbocycles. The van der Waals surface area contributed by atoms with Gasteiger partial charge in [-0.1, -0.05) is 18.2 Å². The molecule has 1 saturated heterocycles. The fourth-order valence-electron chi connectivity index (χ4n) is 1.70. The summed E-state index contributed by atoms with van der Waals surface area (Å²) in [6.07, 6.45) is -0.449. The normalized spacial score (nSPS) is 17.8. The quantitative estimate of drug-likeness (QED) is 0.812. The molecule has 1 fully saturated rings. The molecule has 1 amide bonds. The van der Waals surface area contributed by atoms with Crippen molar-refractivity contribution < 1.29 is 9.53 Å². The van der Waals surface area contributed by atoms with Gasteiger partial charge in [-0.3, -0.25) is 4.79 Å². The van der Waals surface area contributed by atoms with Gasteiger partial charge in [-0.05, 0) is 19.1 Å². The maximum absolute atomic E-state index is 11.8. The Morgan fingerprint density at radius 1 is 1.44 bits per heavy atom. The molecule has 0 bridgehead atoms. The van der Waals surface area contributed by atoms with Gasteiger partial charge in [0.1, 0.15) is 5.75 Å². The highest BCUT2D eigenvalue weighted by Crippen LogP contribution is 2.14. The van der Waals surface area contributed by atoms with E-state index in [1.54, 1.807) is 11.8 Å². The molecule has 1 aliphatic rings. The number of carbonyl (C=O) groups excluding carboxylic acids is 1. The van der Waals surface area contributed by atoms with Gasteiger partial charge < -0.3 is 15.4 Å². The number of nitrogens with zero attached hydrogens (tertiary/aromatic N) is 1. The summed E-state index contributed by atoms with van der Waals surface area (Å²) in [6, 6.07) is 9.48. The van der Waals surface area contributed by atoms with Crippen LogP contribution in [0.15, 0.2) is 30.3 Å². The van der Waals surface area contributed by atoms with E-state index < -0.39 is 6.10 Å². The maximum Gasteiger partial charge on any atom is 0.263 e. The van der Waals surface area contributed by atoms with Crippen molar-refractivity contribution in [1.29, 1.82) is 0 Å². The van der Waals surface area contributed by atoms with Crippen LogP contribution in [-0.4, -0.2) is 36.0 Å². The zero-order valence-electron chi connectivity index (χ0n) is 9.30. The molecule has 1 aromatic rings. The summed E-state index contributed by atoms with van der Waals surface area (Å²) in [5, 5.41) is 0. The number of nitrogens with two attached hydrogens (primary N) is 1. The van der Waals surface area contributed by atoms with Crippen LogP contribution in [0.3, 0.4) is 0 Å². The highest BCUT2D eigenvalue weighted by molar-refractivity contribution is 5.81.